The summed E-state index contributed by atoms with van der Waals surface area (Å²) >= 11 is 0. The maximum atomic E-state index is 14.0. The normalized spacial score (nSPS) is 16.9. The van der Waals surface area contributed by atoms with Gasteiger partial charge in [-0.1, -0.05) is 6.07 Å². The van der Waals surface area contributed by atoms with E-state index in [1.165, 1.54) is 0 Å². The van der Waals surface area contributed by atoms with Crippen molar-refractivity contribution in [1.82, 2.24) is 0 Å². The molecule has 94 valence electrons. The maximum Gasteiger partial charge on any atom is 0.146 e. The van der Waals surface area contributed by atoms with Crippen LogP contribution < -0.4 is 10.6 Å². The summed E-state index contributed by atoms with van der Waals surface area (Å²) in [6, 6.07) is 5.40. The molecule has 1 fully saturated rings. The van der Waals surface area contributed by atoms with Crippen LogP contribution in [0.4, 0.5) is 10.1 Å². The van der Waals surface area contributed by atoms with E-state index in [0.717, 1.165) is 38.1 Å². The largest absolute Gasteiger partial charge is 0.380 e. The smallest absolute Gasteiger partial charge is 0.146 e. The molecule has 2 rings (SSSR count). The lowest BCUT2D eigenvalue weighted by molar-refractivity contribution is 0.152. The molecule has 0 unspecified atom stereocenters. The summed E-state index contributed by atoms with van der Waals surface area (Å²) in [6.45, 7) is 3.60. The SMILES string of the molecule is NCCc1ccc(N2CCCOCC2)c(F)c1. The zero-order valence-electron chi connectivity index (χ0n) is 9.99. The summed E-state index contributed by atoms with van der Waals surface area (Å²) in [5, 5.41) is 0. The van der Waals surface area contributed by atoms with E-state index in [1.54, 1.807) is 6.07 Å². The van der Waals surface area contributed by atoms with Gasteiger partial charge in [0.25, 0.3) is 0 Å². The zero-order chi connectivity index (χ0) is 12.1. The van der Waals surface area contributed by atoms with Gasteiger partial charge in [0.2, 0.25) is 0 Å². The molecule has 0 radical (unpaired) electrons. The Balaban J connectivity index is 2.14. The molecule has 2 N–H and O–H groups in total. The summed E-state index contributed by atoms with van der Waals surface area (Å²) in [5.74, 6) is -0.155. The number of benzene rings is 1. The van der Waals surface area contributed by atoms with Crippen molar-refractivity contribution in [1.29, 1.82) is 0 Å². The average molecular weight is 238 g/mol. The summed E-state index contributed by atoms with van der Waals surface area (Å²) in [5.41, 5.74) is 7.10. The summed E-state index contributed by atoms with van der Waals surface area (Å²) in [7, 11) is 0. The van der Waals surface area contributed by atoms with Crippen molar-refractivity contribution in [2.75, 3.05) is 37.7 Å². The van der Waals surface area contributed by atoms with Crippen LogP contribution in [0.2, 0.25) is 0 Å². The second kappa shape index (κ2) is 5.98. The highest BCUT2D eigenvalue weighted by Crippen LogP contribution is 2.21. The zero-order valence-corrected chi connectivity index (χ0v) is 9.99. The van der Waals surface area contributed by atoms with Crippen molar-refractivity contribution >= 4 is 5.69 Å². The first kappa shape index (κ1) is 12.3. The first-order valence-electron chi connectivity index (χ1n) is 6.12. The van der Waals surface area contributed by atoms with Crippen molar-refractivity contribution in [2.45, 2.75) is 12.8 Å². The van der Waals surface area contributed by atoms with Gasteiger partial charge in [0.15, 0.2) is 0 Å². The molecule has 0 aliphatic carbocycles. The quantitative estimate of drug-likeness (QED) is 0.868. The topological polar surface area (TPSA) is 38.5 Å². The third-order valence-corrected chi connectivity index (χ3v) is 3.01. The molecule has 0 spiro atoms. The predicted molar refractivity (Wildman–Crippen MR) is 66.8 cm³/mol. The van der Waals surface area contributed by atoms with Crippen LogP contribution in [0.1, 0.15) is 12.0 Å². The van der Waals surface area contributed by atoms with E-state index in [4.69, 9.17) is 10.5 Å². The van der Waals surface area contributed by atoms with Gasteiger partial charge in [0, 0.05) is 19.7 Å². The van der Waals surface area contributed by atoms with Crippen molar-refractivity contribution in [3.05, 3.63) is 29.6 Å². The third kappa shape index (κ3) is 3.17. The Morgan fingerprint density at radius 3 is 2.94 bits per heavy atom. The van der Waals surface area contributed by atoms with E-state index in [1.807, 2.05) is 12.1 Å². The molecule has 3 nitrogen and oxygen atoms in total. The lowest BCUT2D eigenvalue weighted by Crippen LogP contribution is -2.26. The van der Waals surface area contributed by atoms with Gasteiger partial charge in [0.05, 0.1) is 12.3 Å². The standard InChI is InChI=1S/C13H19FN2O/c14-12-10-11(4-5-15)2-3-13(12)16-6-1-8-17-9-7-16/h2-3,10H,1,4-9,15H2. The molecule has 0 atom stereocenters. The van der Waals surface area contributed by atoms with Crippen LogP contribution in [0.3, 0.4) is 0 Å². The lowest BCUT2D eigenvalue weighted by atomic mass is 10.1. The maximum absolute atomic E-state index is 14.0. The number of ether oxygens (including phenoxy) is 1. The minimum atomic E-state index is -0.155. The minimum Gasteiger partial charge on any atom is -0.380 e. The third-order valence-electron chi connectivity index (χ3n) is 3.01. The number of hydrogen-bond donors (Lipinski definition) is 1. The van der Waals surface area contributed by atoms with E-state index in [9.17, 15) is 4.39 Å². The molecule has 0 bridgehead atoms. The summed E-state index contributed by atoms with van der Waals surface area (Å²) in [6.07, 6.45) is 1.67. The van der Waals surface area contributed by atoms with Crippen LogP contribution in [0.15, 0.2) is 18.2 Å². The Morgan fingerprint density at radius 2 is 2.18 bits per heavy atom. The van der Waals surface area contributed by atoms with Gasteiger partial charge in [-0.2, -0.15) is 0 Å². The number of hydrogen-bond acceptors (Lipinski definition) is 3. The minimum absolute atomic E-state index is 0.155. The predicted octanol–water partition coefficient (Wildman–Crippen LogP) is 1.55. The molecule has 0 saturated carbocycles. The lowest BCUT2D eigenvalue weighted by Gasteiger charge is -2.22. The Hall–Kier alpha value is -1.13. The molecule has 1 aromatic carbocycles. The van der Waals surface area contributed by atoms with Gasteiger partial charge in [-0.15, -0.1) is 0 Å². The van der Waals surface area contributed by atoms with Gasteiger partial charge in [0.1, 0.15) is 5.82 Å². The highest BCUT2D eigenvalue weighted by molar-refractivity contribution is 5.49. The van der Waals surface area contributed by atoms with E-state index in [0.29, 0.717) is 18.8 Å². The number of halogens is 1. The van der Waals surface area contributed by atoms with Gasteiger partial charge >= 0.3 is 0 Å². The second-order valence-corrected chi connectivity index (χ2v) is 4.28. The molecule has 17 heavy (non-hydrogen) atoms. The van der Waals surface area contributed by atoms with Crippen LogP contribution in [0.25, 0.3) is 0 Å². The first-order valence-corrected chi connectivity index (χ1v) is 6.12. The van der Waals surface area contributed by atoms with E-state index in [-0.39, 0.29) is 5.82 Å². The number of nitrogens with two attached hydrogens (primary N) is 1. The van der Waals surface area contributed by atoms with E-state index < -0.39 is 0 Å². The van der Waals surface area contributed by atoms with Crippen LogP contribution in [0.5, 0.6) is 0 Å². The molecule has 1 saturated heterocycles. The molecular formula is C13H19FN2O. The van der Waals surface area contributed by atoms with Crippen LogP contribution in [-0.2, 0) is 11.2 Å². The summed E-state index contributed by atoms with van der Waals surface area (Å²) in [4.78, 5) is 2.05. The van der Waals surface area contributed by atoms with Crippen molar-refractivity contribution in [2.24, 2.45) is 5.73 Å². The Morgan fingerprint density at radius 1 is 1.29 bits per heavy atom. The van der Waals surface area contributed by atoms with Gasteiger partial charge in [-0.25, -0.2) is 4.39 Å². The molecule has 4 heteroatoms. The fraction of sp³-hybridized carbons (Fsp3) is 0.538. The fourth-order valence-corrected chi connectivity index (χ4v) is 2.12. The fourth-order valence-electron chi connectivity index (χ4n) is 2.12. The highest BCUT2D eigenvalue weighted by Gasteiger charge is 2.14. The first-order chi connectivity index (χ1) is 8.31. The average Bonchev–Trinajstić information content (AvgIpc) is 2.58. The van der Waals surface area contributed by atoms with Crippen LogP contribution >= 0.6 is 0 Å². The molecule has 1 aliphatic heterocycles. The summed E-state index contributed by atoms with van der Waals surface area (Å²) < 4.78 is 19.3. The van der Waals surface area contributed by atoms with E-state index in [2.05, 4.69) is 4.90 Å². The molecule has 1 aromatic rings. The van der Waals surface area contributed by atoms with Gasteiger partial charge in [-0.05, 0) is 37.1 Å². The van der Waals surface area contributed by atoms with Crippen molar-refractivity contribution in [3.8, 4) is 0 Å². The second-order valence-electron chi connectivity index (χ2n) is 4.28. The number of nitrogens with zero attached hydrogens (tertiary/aromatic N) is 1. The Bertz CT molecular complexity index is 362. The molecule has 1 aliphatic rings. The Kier molecular flexibility index (Phi) is 4.34. The van der Waals surface area contributed by atoms with Crippen LogP contribution in [-0.4, -0.2) is 32.8 Å². The molecule has 0 amide bonds. The highest BCUT2D eigenvalue weighted by atomic mass is 19.1. The van der Waals surface area contributed by atoms with Gasteiger partial charge in [-0.3, -0.25) is 0 Å². The Labute approximate surface area is 101 Å². The van der Waals surface area contributed by atoms with Crippen molar-refractivity contribution < 1.29 is 9.13 Å². The van der Waals surface area contributed by atoms with E-state index >= 15 is 0 Å². The van der Waals surface area contributed by atoms with Gasteiger partial charge < -0.3 is 15.4 Å². The number of anilines is 1. The van der Waals surface area contributed by atoms with Crippen molar-refractivity contribution in [3.63, 3.8) is 0 Å². The number of rotatable bonds is 3. The van der Waals surface area contributed by atoms with Crippen LogP contribution in [0, 0.1) is 5.82 Å². The molecular weight excluding hydrogens is 219 g/mol. The monoisotopic (exact) mass is 238 g/mol. The molecule has 1 heterocycles. The molecule has 0 aromatic heterocycles.